The van der Waals surface area contributed by atoms with Crippen molar-refractivity contribution in [3.8, 4) is 0 Å². The summed E-state index contributed by atoms with van der Waals surface area (Å²) in [5.74, 6) is -1.68. The third-order valence-electron chi connectivity index (χ3n) is 5.02. The second kappa shape index (κ2) is 6.24. The quantitative estimate of drug-likeness (QED) is 0.842. The summed E-state index contributed by atoms with van der Waals surface area (Å²) in [6, 6.07) is 4.21. The third kappa shape index (κ3) is 2.83. The van der Waals surface area contributed by atoms with Crippen molar-refractivity contribution in [1.29, 1.82) is 0 Å². The number of carbonyl (C=O) groups is 1. The van der Waals surface area contributed by atoms with Crippen molar-refractivity contribution in [2.24, 2.45) is 5.92 Å². The molecule has 1 saturated carbocycles. The lowest BCUT2D eigenvalue weighted by Crippen LogP contribution is -2.40. The maximum Gasteiger partial charge on any atom is 0.226 e. The van der Waals surface area contributed by atoms with Crippen LogP contribution in [0.25, 0.3) is 0 Å². The van der Waals surface area contributed by atoms with Crippen molar-refractivity contribution in [3.05, 3.63) is 52.0 Å². The molecular formula is C18H18F2N2OS. The number of hydrogen-bond donors (Lipinski definition) is 0. The monoisotopic (exact) mass is 348 g/mol. The van der Waals surface area contributed by atoms with Crippen LogP contribution >= 0.6 is 11.3 Å². The lowest BCUT2D eigenvalue weighted by atomic mass is 9.98. The van der Waals surface area contributed by atoms with E-state index in [1.807, 2.05) is 10.3 Å². The van der Waals surface area contributed by atoms with E-state index in [-0.39, 0.29) is 17.7 Å². The van der Waals surface area contributed by atoms with Crippen molar-refractivity contribution in [3.63, 3.8) is 0 Å². The number of piperidine rings is 1. The number of amides is 1. The van der Waals surface area contributed by atoms with Gasteiger partial charge in [0.2, 0.25) is 5.91 Å². The van der Waals surface area contributed by atoms with E-state index in [0.29, 0.717) is 24.4 Å². The van der Waals surface area contributed by atoms with Gasteiger partial charge in [-0.2, -0.15) is 0 Å². The summed E-state index contributed by atoms with van der Waals surface area (Å²) >= 11 is 1.63. The molecule has 3 unspecified atom stereocenters. The number of rotatable bonds is 3. The molecule has 2 aromatic rings. The van der Waals surface area contributed by atoms with E-state index >= 15 is 0 Å². The maximum absolute atomic E-state index is 13.9. The molecule has 6 heteroatoms. The minimum absolute atomic E-state index is 0.0740. The van der Waals surface area contributed by atoms with Crippen LogP contribution < -0.4 is 0 Å². The van der Waals surface area contributed by atoms with Crippen LogP contribution in [-0.2, 0) is 4.79 Å². The first-order valence-corrected chi connectivity index (χ1v) is 9.15. The fourth-order valence-corrected chi connectivity index (χ4v) is 4.44. The van der Waals surface area contributed by atoms with Crippen LogP contribution in [0.5, 0.6) is 0 Å². The molecule has 0 bridgehead atoms. The van der Waals surface area contributed by atoms with Crippen LogP contribution in [-0.4, -0.2) is 28.9 Å². The predicted octanol–water partition coefficient (Wildman–Crippen LogP) is 3.93. The molecule has 2 aliphatic rings. The summed E-state index contributed by atoms with van der Waals surface area (Å²) in [7, 11) is 0. The van der Waals surface area contributed by atoms with Crippen molar-refractivity contribution >= 4 is 17.2 Å². The summed E-state index contributed by atoms with van der Waals surface area (Å²) < 4.78 is 27.3. The predicted molar refractivity (Wildman–Crippen MR) is 87.9 cm³/mol. The lowest BCUT2D eigenvalue weighted by Gasteiger charge is -2.32. The first kappa shape index (κ1) is 15.7. The molecule has 2 fully saturated rings. The van der Waals surface area contributed by atoms with E-state index in [1.54, 1.807) is 23.6 Å². The summed E-state index contributed by atoms with van der Waals surface area (Å²) in [6.45, 7) is 1.43. The molecule has 126 valence electrons. The number of aromatic nitrogens is 1. The standard InChI is InChI=1S/C18H18F2N2OS/c19-15-5-1-4-12(16(15)20)13-9-14(13)18(23)22-7-2-3-11(10-22)17-21-6-8-24-17/h1,4-6,8,11,13-14H,2-3,7,9-10H2. The van der Waals surface area contributed by atoms with E-state index in [1.165, 1.54) is 6.07 Å². The number of benzene rings is 1. The van der Waals surface area contributed by atoms with E-state index < -0.39 is 11.6 Å². The van der Waals surface area contributed by atoms with Gasteiger partial charge in [0.1, 0.15) is 0 Å². The molecule has 4 rings (SSSR count). The normalized spacial score (nSPS) is 26.4. The Hall–Kier alpha value is -1.82. The van der Waals surface area contributed by atoms with Crippen LogP contribution in [0.1, 0.15) is 41.7 Å². The van der Waals surface area contributed by atoms with Crippen molar-refractivity contribution in [2.45, 2.75) is 31.1 Å². The number of likely N-dealkylation sites (tertiary alicyclic amines) is 1. The highest BCUT2D eigenvalue weighted by atomic mass is 32.1. The molecule has 2 heterocycles. The van der Waals surface area contributed by atoms with Crippen LogP contribution in [0.3, 0.4) is 0 Å². The fourth-order valence-electron chi connectivity index (χ4n) is 3.67. The average Bonchev–Trinajstić information content (AvgIpc) is 3.19. The maximum atomic E-state index is 13.9. The highest BCUT2D eigenvalue weighted by molar-refractivity contribution is 7.09. The molecule has 1 aliphatic carbocycles. The summed E-state index contributed by atoms with van der Waals surface area (Å²) in [6.07, 6.45) is 4.41. The van der Waals surface area contributed by atoms with Gasteiger partial charge in [-0.3, -0.25) is 4.79 Å². The van der Waals surface area contributed by atoms with Crippen LogP contribution in [0.2, 0.25) is 0 Å². The lowest BCUT2D eigenvalue weighted by molar-refractivity contribution is -0.133. The SMILES string of the molecule is O=C(C1CC1c1cccc(F)c1F)N1CCCC(c2nccs2)C1. The molecule has 3 atom stereocenters. The van der Waals surface area contributed by atoms with Gasteiger partial charge in [-0.15, -0.1) is 11.3 Å². The van der Waals surface area contributed by atoms with E-state index in [0.717, 1.165) is 30.5 Å². The minimum Gasteiger partial charge on any atom is -0.342 e. The molecule has 1 aromatic carbocycles. The van der Waals surface area contributed by atoms with Gasteiger partial charge in [0.25, 0.3) is 0 Å². The van der Waals surface area contributed by atoms with Crippen molar-refractivity contribution in [2.75, 3.05) is 13.1 Å². The molecule has 0 N–H and O–H groups in total. The smallest absolute Gasteiger partial charge is 0.226 e. The Balaban J connectivity index is 1.44. The number of nitrogens with zero attached hydrogens (tertiary/aromatic N) is 2. The molecule has 1 aliphatic heterocycles. The molecule has 3 nitrogen and oxygen atoms in total. The Kier molecular flexibility index (Phi) is 4.08. The molecule has 24 heavy (non-hydrogen) atoms. The number of carbonyl (C=O) groups excluding carboxylic acids is 1. The molecular weight excluding hydrogens is 330 g/mol. The van der Waals surface area contributed by atoms with Gasteiger partial charge in [0, 0.05) is 36.5 Å². The second-order valence-electron chi connectivity index (χ2n) is 6.59. The van der Waals surface area contributed by atoms with E-state index in [9.17, 15) is 13.6 Å². The Bertz CT molecular complexity index is 749. The number of hydrogen-bond acceptors (Lipinski definition) is 3. The molecule has 1 amide bonds. The van der Waals surface area contributed by atoms with Gasteiger partial charge in [-0.25, -0.2) is 13.8 Å². The van der Waals surface area contributed by atoms with Gasteiger partial charge >= 0.3 is 0 Å². The number of thiazole rings is 1. The van der Waals surface area contributed by atoms with Crippen LogP contribution in [0.15, 0.2) is 29.8 Å². The zero-order valence-corrected chi connectivity index (χ0v) is 13.9. The average molecular weight is 348 g/mol. The zero-order chi connectivity index (χ0) is 16.7. The minimum atomic E-state index is -0.840. The molecule has 1 saturated heterocycles. The Labute approximate surface area is 143 Å². The Morgan fingerprint density at radius 3 is 3.00 bits per heavy atom. The largest absolute Gasteiger partial charge is 0.342 e. The highest BCUT2D eigenvalue weighted by Gasteiger charge is 2.47. The molecule has 1 aromatic heterocycles. The van der Waals surface area contributed by atoms with Gasteiger partial charge in [-0.05, 0) is 36.8 Å². The second-order valence-corrected chi connectivity index (χ2v) is 7.51. The molecule has 0 radical (unpaired) electrons. The first-order valence-electron chi connectivity index (χ1n) is 8.27. The summed E-state index contributed by atoms with van der Waals surface area (Å²) in [5.41, 5.74) is 0.335. The topological polar surface area (TPSA) is 33.2 Å². The Morgan fingerprint density at radius 1 is 1.33 bits per heavy atom. The Morgan fingerprint density at radius 2 is 2.21 bits per heavy atom. The van der Waals surface area contributed by atoms with Crippen molar-refractivity contribution < 1.29 is 13.6 Å². The van der Waals surface area contributed by atoms with Crippen LogP contribution in [0.4, 0.5) is 8.78 Å². The fraction of sp³-hybridized carbons (Fsp3) is 0.444. The first-order chi connectivity index (χ1) is 11.6. The van der Waals surface area contributed by atoms with E-state index in [4.69, 9.17) is 0 Å². The third-order valence-corrected chi connectivity index (χ3v) is 5.96. The van der Waals surface area contributed by atoms with E-state index in [2.05, 4.69) is 4.98 Å². The van der Waals surface area contributed by atoms with Gasteiger partial charge in [0.15, 0.2) is 11.6 Å². The highest BCUT2D eigenvalue weighted by Crippen LogP contribution is 2.50. The molecule has 0 spiro atoms. The van der Waals surface area contributed by atoms with Gasteiger partial charge in [-0.1, -0.05) is 12.1 Å². The number of halogens is 2. The van der Waals surface area contributed by atoms with Crippen LogP contribution in [0, 0.1) is 17.6 Å². The summed E-state index contributed by atoms with van der Waals surface area (Å²) in [4.78, 5) is 19.0. The zero-order valence-electron chi connectivity index (χ0n) is 13.1. The van der Waals surface area contributed by atoms with Gasteiger partial charge in [0.05, 0.1) is 5.01 Å². The van der Waals surface area contributed by atoms with Gasteiger partial charge < -0.3 is 4.90 Å². The van der Waals surface area contributed by atoms with Crippen molar-refractivity contribution in [1.82, 2.24) is 9.88 Å². The summed E-state index contributed by atoms with van der Waals surface area (Å²) in [5, 5.41) is 3.04.